The summed E-state index contributed by atoms with van der Waals surface area (Å²) < 4.78 is 38.3. The molecule has 19 heavy (non-hydrogen) atoms. The third-order valence-electron chi connectivity index (χ3n) is 3.59. The standard InChI is InChI=1S/C14H19F3N2/c15-14(16,17)12-7-5-6-11(13(12)18)10-19-8-3-1-2-4-9-19/h5-7H,1-4,8-10,18H2. The van der Waals surface area contributed by atoms with Crippen LogP contribution in [-0.4, -0.2) is 18.0 Å². The largest absolute Gasteiger partial charge is 0.418 e. The van der Waals surface area contributed by atoms with Crippen molar-refractivity contribution in [3.63, 3.8) is 0 Å². The van der Waals surface area contributed by atoms with Gasteiger partial charge >= 0.3 is 6.18 Å². The SMILES string of the molecule is Nc1c(CN2CCCCCC2)cccc1C(F)(F)F. The number of anilines is 1. The molecule has 0 aromatic heterocycles. The van der Waals surface area contributed by atoms with Gasteiger partial charge in [0.25, 0.3) is 0 Å². The van der Waals surface area contributed by atoms with Gasteiger partial charge in [0.05, 0.1) is 5.56 Å². The molecule has 5 heteroatoms. The summed E-state index contributed by atoms with van der Waals surface area (Å²) in [6, 6.07) is 4.17. The molecule has 1 heterocycles. The molecular weight excluding hydrogens is 253 g/mol. The molecule has 1 aromatic carbocycles. The summed E-state index contributed by atoms with van der Waals surface area (Å²) in [5, 5.41) is 0. The molecule has 1 aliphatic heterocycles. The molecular formula is C14H19F3N2. The Balaban J connectivity index is 2.16. The maximum atomic E-state index is 12.8. The second-order valence-corrected chi connectivity index (χ2v) is 5.07. The van der Waals surface area contributed by atoms with E-state index in [9.17, 15) is 13.2 Å². The Morgan fingerprint density at radius 3 is 2.26 bits per heavy atom. The van der Waals surface area contributed by atoms with Crippen LogP contribution in [0.4, 0.5) is 18.9 Å². The lowest BCUT2D eigenvalue weighted by molar-refractivity contribution is -0.136. The highest BCUT2D eigenvalue weighted by Crippen LogP contribution is 2.35. The number of hydrogen-bond acceptors (Lipinski definition) is 2. The molecule has 0 bridgehead atoms. The molecule has 0 spiro atoms. The zero-order valence-electron chi connectivity index (χ0n) is 10.8. The first kappa shape index (κ1) is 14.2. The van der Waals surface area contributed by atoms with Crippen LogP contribution in [0.25, 0.3) is 0 Å². The molecule has 106 valence electrons. The topological polar surface area (TPSA) is 29.3 Å². The van der Waals surface area contributed by atoms with Gasteiger partial charge in [0, 0.05) is 12.2 Å². The highest BCUT2D eigenvalue weighted by atomic mass is 19.4. The average molecular weight is 272 g/mol. The third kappa shape index (κ3) is 3.62. The summed E-state index contributed by atoms with van der Waals surface area (Å²) in [7, 11) is 0. The number of benzene rings is 1. The van der Waals surface area contributed by atoms with E-state index in [1.165, 1.54) is 18.9 Å². The first-order valence-electron chi connectivity index (χ1n) is 6.65. The first-order valence-corrected chi connectivity index (χ1v) is 6.65. The Labute approximate surface area is 111 Å². The summed E-state index contributed by atoms with van der Waals surface area (Å²) in [5.41, 5.74) is 5.41. The van der Waals surface area contributed by atoms with Crippen molar-refractivity contribution in [1.29, 1.82) is 0 Å². The second-order valence-electron chi connectivity index (χ2n) is 5.07. The summed E-state index contributed by atoms with van der Waals surface area (Å²) in [4.78, 5) is 2.19. The Bertz CT molecular complexity index is 421. The number of alkyl halides is 3. The van der Waals surface area contributed by atoms with Crippen LogP contribution in [0.2, 0.25) is 0 Å². The minimum Gasteiger partial charge on any atom is -0.398 e. The third-order valence-corrected chi connectivity index (χ3v) is 3.59. The number of hydrogen-bond donors (Lipinski definition) is 1. The van der Waals surface area contributed by atoms with E-state index < -0.39 is 11.7 Å². The minimum absolute atomic E-state index is 0.126. The van der Waals surface area contributed by atoms with E-state index in [4.69, 9.17) is 5.73 Å². The van der Waals surface area contributed by atoms with Crippen molar-refractivity contribution in [2.75, 3.05) is 18.8 Å². The monoisotopic (exact) mass is 272 g/mol. The highest BCUT2D eigenvalue weighted by molar-refractivity contribution is 5.55. The van der Waals surface area contributed by atoms with Gasteiger partial charge in [-0.2, -0.15) is 13.2 Å². The van der Waals surface area contributed by atoms with Crippen LogP contribution in [-0.2, 0) is 12.7 Å². The van der Waals surface area contributed by atoms with E-state index in [0.717, 1.165) is 32.0 Å². The summed E-state index contributed by atoms with van der Waals surface area (Å²) >= 11 is 0. The van der Waals surface area contributed by atoms with Gasteiger partial charge in [0.1, 0.15) is 0 Å². The summed E-state index contributed by atoms with van der Waals surface area (Å²) in [6.07, 6.45) is 0.250. The Hall–Kier alpha value is -1.23. The highest BCUT2D eigenvalue weighted by Gasteiger charge is 2.33. The van der Waals surface area contributed by atoms with Crippen LogP contribution in [0.3, 0.4) is 0 Å². The molecule has 0 aliphatic carbocycles. The van der Waals surface area contributed by atoms with Crippen LogP contribution in [0.5, 0.6) is 0 Å². The molecule has 1 aliphatic rings. The van der Waals surface area contributed by atoms with E-state index in [1.54, 1.807) is 6.07 Å². The number of nitrogens with two attached hydrogens (primary N) is 1. The Morgan fingerprint density at radius 1 is 1.05 bits per heavy atom. The van der Waals surface area contributed by atoms with Crippen molar-refractivity contribution < 1.29 is 13.2 Å². The van der Waals surface area contributed by atoms with E-state index in [2.05, 4.69) is 4.90 Å². The molecule has 2 N–H and O–H groups in total. The predicted molar refractivity (Wildman–Crippen MR) is 69.6 cm³/mol. The summed E-state index contributed by atoms with van der Waals surface area (Å²) in [6.45, 7) is 2.39. The number of para-hydroxylation sites is 1. The van der Waals surface area contributed by atoms with E-state index >= 15 is 0 Å². The van der Waals surface area contributed by atoms with E-state index in [-0.39, 0.29) is 5.69 Å². The maximum absolute atomic E-state index is 12.8. The molecule has 0 saturated carbocycles. The van der Waals surface area contributed by atoms with Gasteiger partial charge in [-0.15, -0.1) is 0 Å². The number of nitrogen functional groups attached to an aromatic ring is 1. The van der Waals surface area contributed by atoms with E-state index in [1.807, 2.05) is 0 Å². The molecule has 2 nitrogen and oxygen atoms in total. The minimum atomic E-state index is -4.38. The number of nitrogens with zero attached hydrogens (tertiary/aromatic N) is 1. The van der Waals surface area contributed by atoms with Crippen molar-refractivity contribution in [3.05, 3.63) is 29.3 Å². The molecule has 2 rings (SSSR count). The average Bonchev–Trinajstić information content (AvgIpc) is 2.59. The molecule has 0 atom stereocenters. The van der Waals surface area contributed by atoms with Crippen LogP contribution in [0.1, 0.15) is 36.8 Å². The van der Waals surface area contributed by atoms with Crippen molar-refractivity contribution in [2.45, 2.75) is 38.4 Å². The molecule has 0 amide bonds. The second kappa shape index (κ2) is 5.82. The molecule has 0 unspecified atom stereocenters. The van der Waals surface area contributed by atoms with E-state index in [0.29, 0.717) is 12.1 Å². The predicted octanol–water partition coefficient (Wildman–Crippen LogP) is 3.66. The first-order chi connectivity index (χ1) is 8.98. The molecule has 1 aromatic rings. The van der Waals surface area contributed by atoms with Gasteiger partial charge in [-0.25, -0.2) is 0 Å². The fourth-order valence-corrected chi connectivity index (χ4v) is 2.53. The van der Waals surface area contributed by atoms with Gasteiger partial charge < -0.3 is 5.73 Å². The Kier molecular flexibility index (Phi) is 4.34. The molecule has 0 radical (unpaired) electrons. The van der Waals surface area contributed by atoms with Gasteiger partial charge in [0.15, 0.2) is 0 Å². The smallest absolute Gasteiger partial charge is 0.398 e. The van der Waals surface area contributed by atoms with Gasteiger partial charge in [-0.3, -0.25) is 4.90 Å². The zero-order valence-corrected chi connectivity index (χ0v) is 10.8. The fourth-order valence-electron chi connectivity index (χ4n) is 2.53. The maximum Gasteiger partial charge on any atom is 0.418 e. The van der Waals surface area contributed by atoms with Crippen LogP contribution in [0.15, 0.2) is 18.2 Å². The number of likely N-dealkylation sites (tertiary alicyclic amines) is 1. The van der Waals surface area contributed by atoms with Crippen LogP contribution < -0.4 is 5.73 Å². The van der Waals surface area contributed by atoms with Crippen LogP contribution >= 0.6 is 0 Å². The van der Waals surface area contributed by atoms with Gasteiger partial charge in [-0.05, 0) is 37.6 Å². The molecule has 1 fully saturated rings. The van der Waals surface area contributed by atoms with Gasteiger partial charge in [0.2, 0.25) is 0 Å². The molecule has 1 saturated heterocycles. The van der Waals surface area contributed by atoms with Crippen molar-refractivity contribution >= 4 is 5.69 Å². The lowest BCUT2D eigenvalue weighted by Crippen LogP contribution is -2.25. The van der Waals surface area contributed by atoms with Crippen molar-refractivity contribution in [1.82, 2.24) is 4.90 Å². The zero-order chi connectivity index (χ0) is 13.9. The lowest BCUT2D eigenvalue weighted by atomic mass is 10.1. The normalized spacial score (nSPS) is 18.3. The summed E-state index contributed by atoms with van der Waals surface area (Å²) in [5.74, 6) is 0. The van der Waals surface area contributed by atoms with Gasteiger partial charge in [-0.1, -0.05) is 25.0 Å². The lowest BCUT2D eigenvalue weighted by Gasteiger charge is -2.22. The fraction of sp³-hybridized carbons (Fsp3) is 0.571. The van der Waals surface area contributed by atoms with Crippen molar-refractivity contribution in [3.8, 4) is 0 Å². The quantitative estimate of drug-likeness (QED) is 0.832. The number of halogens is 3. The van der Waals surface area contributed by atoms with Crippen LogP contribution in [0, 0.1) is 0 Å². The Morgan fingerprint density at radius 2 is 1.68 bits per heavy atom. The number of rotatable bonds is 2. The van der Waals surface area contributed by atoms with Crippen molar-refractivity contribution in [2.24, 2.45) is 0 Å².